The second kappa shape index (κ2) is 5.61. The Morgan fingerprint density at radius 2 is 2.06 bits per heavy atom. The van der Waals surface area contributed by atoms with Crippen LogP contribution in [0.2, 0.25) is 0 Å². The van der Waals surface area contributed by atoms with Crippen LogP contribution in [0.25, 0.3) is 0 Å². The van der Waals surface area contributed by atoms with Gasteiger partial charge in [-0.2, -0.15) is 13.2 Å². The smallest absolute Gasteiger partial charge is 0.399 e. The summed E-state index contributed by atoms with van der Waals surface area (Å²) in [6.07, 6.45) is 0.0311. The van der Waals surface area contributed by atoms with E-state index < -0.39 is 11.7 Å². The van der Waals surface area contributed by atoms with Gasteiger partial charge in [0, 0.05) is 17.9 Å². The second-order valence-corrected chi connectivity index (χ2v) is 3.59. The van der Waals surface area contributed by atoms with Gasteiger partial charge < -0.3 is 11.1 Å². The van der Waals surface area contributed by atoms with E-state index in [9.17, 15) is 13.2 Å². The third kappa shape index (κ3) is 4.01. The molecule has 0 aliphatic carbocycles. The molecule has 0 saturated heterocycles. The number of rotatable bonds is 4. The first kappa shape index (κ1) is 13.4. The van der Waals surface area contributed by atoms with Crippen molar-refractivity contribution in [2.45, 2.75) is 19.5 Å². The van der Waals surface area contributed by atoms with Crippen molar-refractivity contribution in [1.29, 1.82) is 0 Å². The molecule has 0 unspecified atom stereocenters. The average molecular weight is 244 g/mol. The van der Waals surface area contributed by atoms with E-state index >= 15 is 0 Å². The third-order valence-corrected chi connectivity index (χ3v) is 2.21. The van der Waals surface area contributed by atoms with Crippen molar-refractivity contribution in [3.8, 4) is 0 Å². The SMILES string of the molecule is C/C=C/CCNc1ccc(N)cc1C(F)(F)F. The van der Waals surface area contributed by atoms with Crippen molar-refractivity contribution >= 4 is 11.4 Å². The molecule has 0 bridgehead atoms. The predicted molar refractivity (Wildman–Crippen MR) is 63.8 cm³/mol. The Balaban J connectivity index is 2.84. The van der Waals surface area contributed by atoms with Crippen LogP contribution in [-0.4, -0.2) is 6.54 Å². The molecule has 1 aromatic carbocycles. The average Bonchev–Trinajstić information content (AvgIpc) is 2.25. The molecule has 3 N–H and O–H groups in total. The van der Waals surface area contributed by atoms with Crippen LogP contribution in [0.1, 0.15) is 18.9 Å². The van der Waals surface area contributed by atoms with E-state index in [1.165, 1.54) is 12.1 Å². The first-order valence-electron chi connectivity index (χ1n) is 5.27. The quantitative estimate of drug-likeness (QED) is 0.482. The molecule has 1 rings (SSSR count). The van der Waals surface area contributed by atoms with Crippen molar-refractivity contribution < 1.29 is 13.2 Å². The van der Waals surface area contributed by atoms with Crippen molar-refractivity contribution in [3.05, 3.63) is 35.9 Å². The highest BCUT2D eigenvalue weighted by Crippen LogP contribution is 2.35. The first-order chi connectivity index (χ1) is 7.95. The van der Waals surface area contributed by atoms with Crippen molar-refractivity contribution in [2.24, 2.45) is 0 Å². The van der Waals surface area contributed by atoms with Gasteiger partial charge in [-0.25, -0.2) is 0 Å². The molecule has 0 radical (unpaired) electrons. The number of nitrogen functional groups attached to an aromatic ring is 1. The summed E-state index contributed by atoms with van der Waals surface area (Å²) in [6, 6.07) is 3.75. The number of nitrogens with two attached hydrogens (primary N) is 1. The maximum absolute atomic E-state index is 12.7. The van der Waals surface area contributed by atoms with Crippen LogP contribution in [-0.2, 0) is 6.18 Å². The van der Waals surface area contributed by atoms with Crippen LogP contribution in [0.4, 0.5) is 24.5 Å². The molecule has 0 aliphatic heterocycles. The normalized spacial score (nSPS) is 12.0. The third-order valence-electron chi connectivity index (χ3n) is 2.21. The summed E-state index contributed by atoms with van der Waals surface area (Å²) in [5, 5.41) is 2.76. The summed E-state index contributed by atoms with van der Waals surface area (Å²) in [6.45, 7) is 2.32. The Morgan fingerprint density at radius 3 is 2.65 bits per heavy atom. The number of hydrogen-bond donors (Lipinski definition) is 2. The van der Waals surface area contributed by atoms with Gasteiger partial charge in [0.15, 0.2) is 0 Å². The molecular formula is C12H15F3N2. The maximum atomic E-state index is 12.7. The lowest BCUT2D eigenvalue weighted by molar-refractivity contribution is -0.136. The van der Waals surface area contributed by atoms with Gasteiger partial charge in [0.1, 0.15) is 0 Å². The van der Waals surface area contributed by atoms with Crippen LogP contribution in [0.15, 0.2) is 30.4 Å². The molecule has 0 amide bonds. The maximum Gasteiger partial charge on any atom is 0.418 e. The van der Waals surface area contributed by atoms with Gasteiger partial charge in [-0.15, -0.1) is 0 Å². The first-order valence-corrected chi connectivity index (χ1v) is 5.27. The highest BCUT2D eigenvalue weighted by molar-refractivity contribution is 5.59. The Labute approximate surface area is 98.3 Å². The molecule has 0 aromatic heterocycles. The molecule has 0 fully saturated rings. The predicted octanol–water partition coefficient (Wildman–Crippen LogP) is 3.67. The lowest BCUT2D eigenvalue weighted by atomic mass is 10.1. The van der Waals surface area contributed by atoms with Gasteiger partial charge in [0.25, 0.3) is 0 Å². The molecule has 0 spiro atoms. The molecule has 94 valence electrons. The zero-order valence-corrected chi connectivity index (χ0v) is 9.51. The summed E-state index contributed by atoms with van der Waals surface area (Å²) in [5.41, 5.74) is 4.81. The van der Waals surface area contributed by atoms with E-state index in [1.807, 2.05) is 19.1 Å². The van der Waals surface area contributed by atoms with Crippen molar-refractivity contribution in [2.75, 3.05) is 17.6 Å². The van der Waals surface area contributed by atoms with Crippen LogP contribution >= 0.6 is 0 Å². The van der Waals surface area contributed by atoms with Crippen LogP contribution in [0.3, 0.4) is 0 Å². The number of halogens is 3. The van der Waals surface area contributed by atoms with E-state index in [-0.39, 0.29) is 11.4 Å². The number of alkyl halides is 3. The molecule has 5 heteroatoms. The lowest BCUT2D eigenvalue weighted by Crippen LogP contribution is -2.12. The van der Waals surface area contributed by atoms with E-state index in [0.717, 1.165) is 6.07 Å². The standard InChI is InChI=1S/C12H15F3N2/c1-2-3-4-7-17-11-6-5-9(16)8-10(11)12(13,14)15/h2-3,5-6,8,17H,4,7,16H2,1H3/b3-2+. The van der Waals surface area contributed by atoms with Crippen molar-refractivity contribution in [3.63, 3.8) is 0 Å². The monoisotopic (exact) mass is 244 g/mol. The molecule has 0 aliphatic rings. The summed E-state index contributed by atoms with van der Waals surface area (Å²) >= 11 is 0. The van der Waals surface area contributed by atoms with E-state index in [1.54, 1.807) is 0 Å². The number of nitrogens with one attached hydrogen (secondary N) is 1. The Kier molecular flexibility index (Phi) is 4.43. The molecule has 0 heterocycles. The fourth-order valence-electron chi connectivity index (χ4n) is 1.41. The fraction of sp³-hybridized carbons (Fsp3) is 0.333. The Bertz CT molecular complexity index is 397. The van der Waals surface area contributed by atoms with Gasteiger partial charge in [-0.1, -0.05) is 12.2 Å². The molecule has 0 saturated carbocycles. The topological polar surface area (TPSA) is 38.0 Å². The van der Waals surface area contributed by atoms with Crippen LogP contribution in [0, 0.1) is 0 Å². The molecule has 2 nitrogen and oxygen atoms in total. The lowest BCUT2D eigenvalue weighted by Gasteiger charge is -2.14. The molecule has 0 atom stereocenters. The minimum Gasteiger partial charge on any atom is -0.399 e. The second-order valence-electron chi connectivity index (χ2n) is 3.59. The minimum atomic E-state index is -4.39. The van der Waals surface area contributed by atoms with E-state index in [4.69, 9.17) is 5.73 Å². The number of hydrogen-bond acceptors (Lipinski definition) is 2. The number of allylic oxidation sites excluding steroid dienone is 1. The van der Waals surface area contributed by atoms with Gasteiger partial charge in [-0.3, -0.25) is 0 Å². The largest absolute Gasteiger partial charge is 0.418 e. The summed E-state index contributed by atoms with van der Waals surface area (Å²) < 4.78 is 38.1. The Morgan fingerprint density at radius 1 is 1.35 bits per heavy atom. The molecular weight excluding hydrogens is 229 g/mol. The molecule has 1 aromatic rings. The van der Waals surface area contributed by atoms with E-state index in [0.29, 0.717) is 13.0 Å². The number of anilines is 2. The highest BCUT2D eigenvalue weighted by Gasteiger charge is 2.33. The summed E-state index contributed by atoms with van der Waals surface area (Å²) in [5.74, 6) is 0. The van der Waals surface area contributed by atoms with Gasteiger partial charge in [0.05, 0.1) is 5.56 Å². The highest BCUT2D eigenvalue weighted by atomic mass is 19.4. The summed E-state index contributed by atoms with van der Waals surface area (Å²) in [4.78, 5) is 0. The van der Waals surface area contributed by atoms with Gasteiger partial charge >= 0.3 is 6.18 Å². The van der Waals surface area contributed by atoms with Gasteiger partial charge in [-0.05, 0) is 31.5 Å². The van der Waals surface area contributed by atoms with E-state index in [2.05, 4.69) is 5.32 Å². The Hall–Kier alpha value is -1.65. The van der Waals surface area contributed by atoms with Crippen LogP contribution in [0.5, 0.6) is 0 Å². The zero-order chi connectivity index (χ0) is 12.9. The van der Waals surface area contributed by atoms with Gasteiger partial charge in [0.2, 0.25) is 0 Å². The zero-order valence-electron chi connectivity index (χ0n) is 9.51. The van der Waals surface area contributed by atoms with Crippen molar-refractivity contribution in [1.82, 2.24) is 0 Å². The molecule has 17 heavy (non-hydrogen) atoms. The minimum absolute atomic E-state index is 0.0659. The summed E-state index contributed by atoms with van der Waals surface area (Å²) in [7, 11) is 0. The van der Waals surface area contributed by atoms with Crippen LogP contribution < -0.4 is 11.1 Å². The fourth-order valence-corrected chi connectivity index (χ4v) is 1.41. The number of benzene rings is 1.